The average molecular weight is 340 g/mol. The average Bonchev–Trinajstić information content (AvgIpc) is 2.67. The highest BCUT2D eigenvalue weighted by molar-refractivity contribution is 5.91. The van der Waals surface area contributed by atoms with Gasteiger partial charge in [0.25, 0.3) is 0 Å². The highest BCUT2D eigenvalue weighted by Gasteiger charge is 2.13. The third kappa shape index (κ3) is 4.86. The Morgan fingerprint density at radius 3 is 2.80 bits per heavy atom. The summed E-state index contributed by atoms with van der Waals surface area (Å²) in [5, 5.41) is 2.76. The van der Waals surface area contributed by atoms with Crippen LogP contribution in [0, 0.1) is 5.82 Å². The highest BCUT2D eigenvalue weighted by atomic mass is 19.1. The topological polar surface area (TPSA) is 58.1 Å². The molecular weight excluding hydrogens is 319 g/mol. The molecule has 1 saturated heterocycles. The third-order valence-corrected chi connectivity index (χ3v) is 4.10. The predicted molar refractivity (Wildman–Crippen MR) is 95.4 cm³/mol. The molecule has 0 bridgehead atoms. The van der Waals surface area contributed by atoms with Crippen molar-refractivity contribution in [1.82, 2.24) is 15.3 Å². The summed E-state index contributed by atoms with van der Waals surface area (Å²) >= 11 is 0. The minimum absolute atomic E-state index is 0.290. The van der Waals surface area contributed by atoms with E-state index >= 15 is 0 Å². The smallest absolute Gasteiger partial charge is 0.244 e. The van der Waals surface area contributed by atoms with Gasteiger partial charge in [0.15, 0.2) is 0 Å². The number of nitrogens with one attached hydrogen (secondary N) is 1. The summed E-state index contributed by atoms with van der Waals surface area (Å²) in [4.78, 5) is 22.9. The molecular formula is C19H21FN4O. The van der Waals surface area contributed by atoms with Crippen LogP contribution in [0.3, 0.4) is 0 Å². The number of halogens is 1. The van der Waals surface area contributed by atoms with Gasteiger partial charge in [-0.1, -0.05) is 18.2 Å². The van der Waals surface area contributed by atoms with E-state index in [0.29, 0.717) is 18.1 Å². The maximum absolute atomic E-state index is 13.5. The molecule has 0 spiro atoms. The lowest BCUT2D eigenvalue weighted by Crippen LogP contribution is -2.31. The molecule has 3 rings (SSSR count). The molecule has 5 nitrogen and oxygen atoms in total. The molecule has 1 aromatic heterocycles. The van der Waals surface area contributed by atoms with E-state index in [1.54, 1.807) is 30.5 Å². The lowest BCUT2D eigenvalue weighted by Gasteiger charge is -2.26. The molecule has 1 fully saturated rings. The van der Waals surface area contributed by atoms with Crippen LogP contribution in [0.2, 0.25) is 0 Å². The zero-order valence-electron chi connectivity index (χ0n) is 14.0. The Kier molecular flexibility index (Phi) is 5.72. The van der Waals surface area contributed by atoms with Gasteiger partial charge >= 0.3 is 0 Å². The number of aromatic nitrogens is 2. The lowest BCUT2D eigenvalue weighted by molar-refractivity contribution is -0.116. The molecule has 0 radical (unpaired) electrons. The molecule has 1 aliphatic rings. The standard InChI is InChI=1S/C19H21FN4O/c20-17-7-3-2-6-15(17)8-9-18(25)22-14-16-10-11-21-19(23-16)24-12-4-1-5-13-24/h2-3,6-11H,1,4-5,12-14H2,(H,22,25)/b9-8+. The second-order valence-electron chi connectivity index (χ2n) is 5.97. The van der Waals surface area contributed by atoms with Crippen molar-refractivity contribution in [2.24, 2.45) is 0 Å². The Bertz CT molecular complexity index is 757. The van der Waals surface area contributed by atoms with E-state index < -0.39 is 0 Å². The van der Waals surface area contributed by atoms with Crippen molar-refractivity contribution >= 4 is 17.9 Å². The van der Waals surface area contributed by atoms with Gasteiger partial charge in [-0.05, 0) is 37.5 Å². The van der Waals surface area contributed by atoms with Crippen LogP contribution in [0.25, 0.3) is 6.08 Å². The number of hydrogen-bond donors (Lipinski definition) is 1. The number of rotatable bonds is 5. The maximum Gasteiger partial charge on any atom is 0.244 e. The first-order valence-corrected chi connectivity index (χ1v) is 8.50. The Hall–Kier alpha value is -2.76. The molecule has 0 saturated carbocycles. The summed E-state index contributed by atoms with van der Waals surface area (Å²) in [5.74, 6) is 0.0725. The van der Waals surface area contributed by atoms with Crippen molar-refractivity contribution in [2.75, 3.05) is 18.0 Å². The van der Waals surface area contributed by atoms with Gasteiger partial charge in [-0.15, -0.1) is 0 Å². The van der Waals surface area contributed by atoms with Crippen molar-refractivity contribution in [2.45, 2.75) is 25.8 Å². The van der Waals surface area contributed by atoms with Gasteiger partial charge < -0.3 is 10.2 Å². The van der Waals surface area contributed by atoms with Gasteiger partial charge in [-0.25, -0.2) is 14.4 Å². The summed E-state index contributed by atoms with van der Waals surface area (Å²) in [7, 11) is 0. The van der Waals surface area contributed by atoms with Gasteiger partial charge in [0.2, 0.25) is 11.9 Å². The number of anilines is 1. The number of hydrogen-bond acceptors (Lipinski definition) is 4. The second kappa shape index (κ2) is 8.37. The number of amides is 1. The number of piperidine rings is 1. The minimum Gasteiger partial charge on any atom is -0.347 e. The number of benzene rings is 1. The molecule has 0 atom stereocenters. The molecule has 1 amide bonds. The fraction of sp³-hybridized carbons (Fsp3) is 0.316. The number of nitrogens with zero attached hydrogens (tertiary/aromatic N) is 3. The number of carbonyl (C=O) groups excluding carboxylic acids is 1. The summed E-state index contributed by atoms with van der Waals surface area (Å²) < 4.78 is 13.5. The molecule has 2 aromatic rings. The molecule has 0 unspecified atom stereocenters. The Morgan fingerprint density at radius 2 is 2.00 bits per heavy atom. The van der Waals surface area contributed by atoms with Crippen molar-refractivity contribution < 1.29 is 9.18 Å². The molecule has 1 aromatic carbocycles. The normalized spacial score (nSPS) is 14.7. The monoisotopic (exact) mass is 340 g/mol. The molecule has 130 valence electrons. The van der Waals surface area contributed by atoms with E-state index in [2.05, 4.69) is 20.2 Å². The van der Waals surface area contributed by atoms with E-state index in [4.69, 9.17) is 0 Å². The van der Waals surface area contributed by atoms with Crippen LogP contribution in [0.1, 0.15) is 30.5 Å². The first kappa shape index (κ1) is 17.1. The first-order valence-electron chi connectivity index (χ1n) is 8.50. The van der Waals surface area contributed by atoms with Crippen molar-refractivity contribution in [3.8, 4) is 0 Å². The van der Waals surface area contributed by atoms with Crippen LogP contribution < -0.4 is 10.2 Å². The molecule has 1 N–H and O–H groups in total. The van der Waals surface area contributed by atoms with Crippen LogP contribution in [0.15, 0.2) is 42.6 Å². The van der Waals surface area contributed by atoms with E-state index in [0.717, 1.165) is 31.6 Å². The third-order valence-electron chi connectivity index (χ3n) is 4.10. The summed E-state index contributed by atoms with van der Waals surface area (Å²) in [6, 6.07) is 8.11. The molecule has 6 heteroatoms. The van der Waals surface area contributed by atoms with Crippen LogP contribution in [0.4, 0.5) is 10.3 Å². The SMILES string of the molecule is O=C(/C=C/c1ccccc1F)NCc1ccnc(N2CCCCC2)n1. The van der Waals surface area contributed by atoms with Crippen molar-refractivity contribution in [3.63, 3.8) is 0 Å². The fourth-order valence-corrected chi connectivity index (χ4v) is 2.74. The summed E-state index contributed by atoms with van der Waals surface area (Å²) in [6.45, 7) is 2.26. The van der Waals surface area contributed by atoms with Gasteiger partial charge in [-0.3, -0.25) is 4.79 Å². The first-order chi connectivity index (χ1) is 12.2. The molecule has 1 aliphatic heterocycles. The van der Waals surface area contributed by atoms with Gasteiger partial charge in [-0.2, -0.15) is 0 Å². The van der Waals surface area contributed by atoms with E-state index in [1.807, 2.05) is 0 Å². The molecule has 2 heterocycles. The van der Waals surface area contributed by atoms with Crippen LogP contribution >= 0.6 is 0 Å². The van der Waals surface area contributed by atoms with Gasteiger partial charge in [0.1, 0.15) is 5.82 Å². The Labute approximate surface area is 146 Å². The Morgan fingerprint density at radius 1 is 1.20 bits per heavy atom. The summed E-state index contributed by atoms with van der Waals surface area (Å²) in [5.41, 5.74) is 1.13. The van der Waals surface area contributed by atoms with E-state index in [-0.39, 0.29) is 11.7 Å². The highest BCUT2D eigenvalue weighted by Crippen LogP contribution is 2.15. The maximum atomic E-state index is 13.5. The molecule has 25 heavy (non-hydrogen) atoms. The quantitative estimate of drug-likeness (QED) is 0.850. The predicted octanol–water partition coefficient (Wildman–Crippen LogP) is 2.94. The number of carbonyl (C=O) groups is 1. The van der Waals surface area contributed by atoms with Gasteiger partial charge in [0.05, 0.1) is 12.2 Å². The molecule has 0 aliphatic carbocycles. The minimum atomic E-state index is -0.353. The fourth-order valence-electron chi connectivity index (χ4n) is 2.74. The lowest BCUT2D eigenvalue weighted by atomic mass is 10.1. The van der Waals surface area contributed by atoms with Crippen LogP contribution in [-0.2, 0) is 11.3 Å². The van der Waals surface area contributed by atoms with Crippen LogP contribution in [0.5, 0.6) is 0 Å². The zero-order valence-corrected chi connectivity index (χ0v) is 14.0. The Balaban J connectivity index is 1.56. The van der Waals surface area contributed by atoms with Gasteiger partial charge in [0, 0.05) is 30.9 Å². The van der Waals surface area contributed by atoms with E-state index in [1.165, 1.54) is 24.6 Å². The van der Waals surface area contributed by atoms with Crippen LogP contribution in [-0.4, -0.2) is 29.0 Å². The zero-order chi connectivity index (χ0) is 17.5. The van der Waals surface area contributed by atoms with Crippen molar-refractivity contribution in [1.29, 1.82) is 0 Å². The van der Waals surface area contributed by atoms with E-state index in [9.17, 15) is 9.18 Å². The largest absolute Gasteiger partial charge is 0.347 e. The second-order valence-corrected chi connectivity index (χ2v) is 5.97. The summed E-state index contributed by atoms with van der Waals surface area (Å²) in [6.07, 6.45) is 8.07. The van der Waals surface area contributed by atoms with Crippen molar-refractivity contribution in [3.05, 3.63) is 59.7 Å².